The quantitative estimate of drug-likeness (QED) is 0.484. The Balaban J connectivity index is 1.53. The first-order valence-corrected chi connectivity index (χ1v) is 8.12. The molecule has 0 aliphatic heterocycles. The van der Waals surface area contributed by atoms with Crippen molar-refractivity contribution in [2.45, 2.75) is 5.22 Å². The molecular formula is C17H16N2O3S. The van der Waals surface area contributed by atoms with Gasteiger partial charge in [0.15, 0.2) is 0 Å². The van der Waals surface area contributed by atoms with Crippen LogP contribution < -0.4 is 9.47 Å². The number of para-hydroxylation sites is 1. The van der Waals surface area contributed by atoms with Crippen molar-refractivity contribution in [3.63, 3.8) is 0 Å². The summed E-state index contributed by atoms with van der Waals surface area (Å²) in [5.74, 6) is 2.83. The standard InChI is InChI=1S/C17H16N2O3S/c1-20-15-9-5-6-13(12-15)16-18-19-17(22-16)23-11-10-21-14-7-3-2-4-8-14/h2-9,12H,10-11H2,1H3. The van der Waals surface area contributed by atoms with Crippen LogP contribution >= 0.6 is 11.8 Å². The third-order valence-corrected chi connectivity index (χ3v) is 3.83. The number of methoxy groups -OCH3 is 1. The van der Waals surface area contributed by atoms with Crippen LogP contribution in [0.1, 0.15) is 0 Å². The van der Waals surface area contributed by atoms with Gasteiger partial charge in [0.2, 0.25) is 5.89 Å². The fraction of sp³-hybridized carbons (Fsp3) is 0.176. The number of hydrogen-bond donors (Lipinski definition) is 0. The number of thioether (sulfide) groups is 1. The van der Waals surface area contributed by atoms with Gasteiger partial charge in [-0.05, 0) is 30.3 Å². The maximum atomic E-state index is 5.65. The summed E-state index contributed by atoms with van der Waals surface area (Å²) in [7, 11) is 1.63. The van der Waals surface area contributed by atoms with Gasteiger partial charge in [-0.1, -0.05) is 36.0 Å². The SMILES string of the molecule is COc1cccc(-c2nnc(SCCOc3ccccc3)o2)c1. The molecule has 3 rings (SSSR count). The van der Waals surface area contributed by atoms with Crippen molar-refractivity contribution in [3.8, 4) is 23.0 Å². The van der Waals surface area contributed by atoms with Crippen LogP contribution in [0.5, 0.6) is 11.5 Å². The van der Waals surface area contributed by atoms with Gasteiger partial charge >= 0.3 is 0 Å². The first kappa shape index (κ1) is 15.4. The predicted octanol–water partition coefficient (Wildman–Crippen LogP) is 3.92. The summed E-state index contributed by atoms with van der Waals surface area (Å²) in [4.78, 5) is 0. The highest BCUT2D eigenvalue weighted by molar-refractivity contribution is 7.99. The molecule has 0 aliphatic carbocycles. The summed E-state index contributed by atoms with van der Waals surface area (Å²) in [5.41, 5.74) is 0.837. The van der Waals surface area contributed by atoms with Gasteiger partial charge in [-0.3, -0.25) is 0 Å². The van der Waals surface area contributed by atoms with Crippen LogP contribution in [0, 0.1) is 0 Å². The molecule has 3 aromatic rings. The molecule has 5 nitrogen and oxygen atoms in total. The minimum Gasteiger partial charge on any atom is -0.497 e. The second-order valence-corrected chi connectivity index (χ2v) is 5.66. The van der Waals surface area contributed by atoms with Gasteiger partial charge in [-0.25, -0.2) is 0 Å². The van der Waals surface area contributed by atoms with Gasteiger partial charge in [-0.2, -0.15) is 0 Å². The molecule has 0 aliphatic rings. The van der Waals surface area contributed by atoms with Crippen molar-refractivity contribution in [3.05, 3.63) is 54.6 Å². The average molecular weight is 328 g/mol. The zero-order valence-corrected chi connectivity index (χ0v) is 13.5. The van der Waals surface area contributed by atoms with Crippen molar-refractivity contribution in [1.82, 2.24) is 10.2 Å². The number of rotatable bonds is 7. The van der Waals surface area contributed by atoms with Crippen LogP contribution in [-0.4, -0.2) is 29.7 Å². The van der Waals surface area contributed by atoms with E-state index in [4.69, 9.17) is 13.9 Å². The lowest BCUT2D eigenvalue weighted by Gasteiger charge is -2.03. The molecular weight excluding hydrogens is 312 g/mol. The number of hydrogen-bond acceptors (Lipinski definition) is 6. The smallest absolute Gasteiger partial charge is 0.276 e. The lowest BCUT2D eigenvalue weighted by Crippen LogP contribution is -1.99. The van der Waals surface area contributed by atoms with E-state index in [0.29, 0.717) is 17.7 Å². The molecule has 0 N–H and O–H groups in total. The zero-order chi connectivity index (χ0) is 15.9. The molecule has 0 atom stereocenters. The molecule has 0 unspecified atom stereocenters. The van der Waals surface area contributed by atoms with Crippen LogP contribution in [0.15, 0.2) is 64.2 Å². The Bertz CT molecular complexity index is 746. The summed E-state index contributed by atoms with van der Waals surface area (Å²) >= 11 is 1.47. The number of benzene rings is 2. The molecule has 0 radical (unpaired) electrons. The molecule has 0 saturated heterocycles. The monoisotopic (exact) mass is 328 g/mol. The Kier molecular flexibility index (Phi) is 5.16. The first-order chi connectivity index (χ1) is 11.3. The fourth-order valence-electron chi connectivity index (χ4n) is 1.95. The molecule has 1 heterocycles. The molecule has 118 valence electrons. The molecule has 0 saturated carbocycles. The lowest BCUT2D eigenvalue weighted by molar-refractivity contribution is 0.343. The van der Waals surface area contributed by atoms with Gasteiger partial charge < -0.3 is 13.9 Å². The summed E-state index contributed by atoms with van der Waals surface area (Å²) < 4.78 is 16.5. The second-order valence-electron chi connectivity index (χ2n) is 4.62. The number of nitrogens with zero attached hydrogens (tertiary/aromatic N) is 2. The Labute approximate surface area is 138 Å². The van der Waals surface area contributed by atoms with Crippen LogP contribution in [0.2, 0.25) is 0 Å². The van der Waals surface area contributed by atoms with Crippen molar-refractivity contribution in [1.29, 1.82) is 0 Å². The molecule has 6 heteroatoms. The van der Waals surface area contributed by atoms with E-state index < -0.39 is 0 Å². The van der Waals surface area contributed by atoms with Crippen molar-refractivity contribution >= 4 is 11.8 Å². The largest absolute Gasteiger partial charge is 0.497 e. The average Bonchev–Trinajstić information content (AvgIpc) is 3.09. The van der Waals surface area contributed by atoms with Crippen LogP contribution in [0.4, 0.5) is 0 Å². The molecule has 0 fully saturated rings. The van der Waals surface area contributed by atoms with Gasteiger partial charge in [0, 0.05) is 11.3 Å². The normalized spacial score (nSPS) is 10.5. The molecule has 1 aromatic heterocycles. The minimum absolute atomic E-state index is 0.482. The lowest BCUT2D eigenvalue weighted by atomic mass is 10.2. The summed E-state index contributed by atoms with van der Waals surface area (Å²) in [6, 6.07) is 17.2. The van der Waals surface area contributed by atoms with E-state index in [-0.39, 0.29) is 0 Å². The van der Waals surface area contributed by atoms with E-state index >= 15 is 0 Å². The van der Waals surface area contributed by atoms with Crippen LogP contribution in [0.25, 0.3) is 11.5 Å². The van der Waals surface area contributed by atoms with Crippen LogP contribution in [-0.2, 0) is 0 Å². The highest BCUT2D eigenvalue weighted by atomic mass is 32.2. The van der Waals surface area contributed by atoms with Crippen molar-refractivity contribution < 1.29 is 13.9 Å². The maximum Gasteiger partial charge on any atom is 0.276 e. The maximum absolute atomic E-state index is 5.65. The van der Waals surface area contributed by atoms with Crippen molar-refractivity contribution in [2.75, 3.05) is 19.5 Å². The highest BCUT2D eigenvalue weighted by Crippen LogP contribution is 2.25. The van der Waals surface area contributed by atoms with E-state index in [9.17, 15) is 0 Å². The van der Waals surface area contributed by atoms with Gasteiger partial charge in [0.25, 0.3) is 5.22 Å². The van der Waals surface area contributed by atoms with E-state index in [1.165, 1.54) is 11.8 Å². The first-order valence-electron chi connectivity index (χ1n) is 7.14. The predicted molar refractivity (Wildman–Crippen MR) is 88.9 cm³/mol. The van der Waals surface area contributed by atoms with E-state index in [1.807, 2.05) is 54.6 Å². The highest BCUT2D eigenvalue weighted by Gasteiger charge is 2.09. The fourth-order valence-corrected chi connectivity index (χ4v) is 2.52. The second kappa shape index (κ2) is 7.69. The topological polar surface area (TPSA) is 57.4 Å². The van der Waals surface area contributed by atoms with E-state index in [2.05, 4.69) is 10.2 Å². The third-order valence-electron chi connectivity index (χ3n) is 3.04. The number of ether oxygens (including phenoxy) is 2. The Morgan fingerprint density at radius 1 is 1.00 bits per heavy atom. The zero-order valence-electron chi connectivity index (χ0n) is 12.6. The summed E-state index contributed by atoms with van der Waals surface area (Å²) in [6.07, 6.45) is 0. The van der Waals surface area contributed by atoms with Gasteiger partial charge in [0.05, 0.1) is 13.7 Å². The van der Waals surface area contributed by atoms with E-state index in [1.54, 1.807) is 7.11 Å². The molecule has 0 amide bonds. The molecule has 0 spiro atoms. The summed E-state index contributed by atoms with van der Waals surface area (Å²) in [5, 5.41) is 8.63. The van der Waals surface area contributed by atoms with Crippen LogP contribution in [0.3, 0.4) is 0 Å². The van der Waals surface area contributed by atoms with E-state index in [0.717, 1.165) is 22.8 Å². The van der Waals surface area contributed by atoms with Gasteiger partial charge in [-0.15, -0.1) is 10.2 Å². The molecule has 0 bridgehead atoms. The summed E-state index contributed by atoms with van der Waals surface area (Å²) in [6.45, 7) is 0.575. The molecule has 23 heavy (non-hydrogen) atoms. The van der Waals surface area contributed by atoms with Gasteiger partial charge in [0.1, 0.15) is 11.5 Å². The third kappa shape index (κ3) is 4.26. The Morgan fingerprint density at radius 2 is 1.83 bits per heavy atom. The Morgan fingerprint density at radius 3 is 2.65 bits per heavy atom. The number of aromatic nitrogens is 2. The Hall–Kier alpha value is -2.47. The minimum atomic E-state index is 0.482. The molecule has 2 aromatic carbocycles. The van der Waals surface area contributed by atoms with Crippen molar-refractivity contribution in [2.24, 2.45) is 0 Å².